The fourth-order valence-electron chi connectivity index (χ4n) is 2.58. The molecule has 2 nitrogen and oxygen atoms in total. The zero-order valence-corrected chi connectivity index (χ0v) is 11.4. The van der Waals surface area contributed by atoms with E-state index < -0.39 is 0 Å². The molecule has 1 fully saturated rings. The summed E-state index contributed by atoms with van der Waals surface area (Å²) in [6.45, 7) is 7.18. The highest BCUT2D eigenvalue weighted by atomic mass is 19.1. The van der Waals surface area contributed by atoms with E-state index in [1.54, 1.807) is 0 Å². The van der Waals surface area contributed by atoms with E-state index in [2.05, 4.69) is 26.1 Å². The molecule has 0 saturated carbocycles. The van der Waals surface area contributed by atoms with E-state index in [-0.39, 0.29) is 17.5 Å². The number of ether oxygens (including phenoxy) is 1. The molecule has 18 heavy (non-hydrogen) atoms. The third kappa shape index (κ3) is 3.53. The first-order chi connectivity index (χ1) is 8.46. The molecule has 0 aliphatic carbocycles. The third-order valence-electron chi connectivity index (χ3n) is 3.55. The SMILES string of the molecule is C[C@@H](NC1CCOC(C)(C)C1)c1ccc(F)cc1. The van der Waals surface area contributed by atoms with Crippen molar-refractivity contribution in [1.82, 2.24) is 5.32 Å². The lowest BCUT2D eigenvalue weighted by Gasteiger charge is -2.37. The molecule has 0 amide bonds. The van der Waals surface area contributed by atoms with E-state index >= 15 is 0 Å². The second-order valence-electron chi connectivity index (χ2n) is 5.74. The quantitative estimate of drug-likeness (QED) is 0.888. The van der Waals surface area contributed by atoms with Gasteiger partial charge in [-0.2, -0.15) is 0 Å². The van der Waals surface area contributed by atoms with Crippen LogP contribution in [0.1, 0.15) is 45.2 Å². The maximum atomic E-state index is 12.9. The Bertz CT molecular complexity index is 388. The number of hydrogen-bond donors (Lipinski definition) is 1. The minimum Gasteiger partial charge on any atom is -0.375 e. The average Bonchev–Trinajstić information content (AvgIpc) is 2.28. The van der Waals surface area contributed by atoms with Gasteiger partial charge in [-0.1, -0.05) is 12.1 Å². The molecular formula is C15H22FNO. The average molecular weight is 251 g/mol. The van der Waals surface area contributed by atoms with Gasteiger partial charge in [0, 0.05) is 18.7 Å². The third-order valence-corrected chi connectivity index (χ3v) is 3.55. The van der Waals surface area contributed by atoms with E-state index in [0.717, 1.165) is 25.0 Å². The second-order valence-corrected chi connectivity index (χ2v) is 5.74. The monoisotopic (exact) mass is 251 g/mol. The van der Waals surface area contributed by atoms with Gasteiger partial charge >= 0.3 is 0 Å². The van der Waals surface area contributed by atoms with Crippen LogP contribution in [0.4, 0.5) is 4.39 Å². The predicted octanol–water partition coefficient (Wildman–Crippen LogP) is 3.43. The Labute approximate surface area is 109 Å². The van der Waals surface area contributed by atoms with Crippen LogP contribution in [-0.4, -0.2) is 18.2 Å². The molecule has 0 spiro atoms. The van der Waals surface area contributed by atoms with Crippen molar-refractivity contribution in [3.63, 3.8) is 0 Å². The van der Waals surface area contributed by atoms with Crippen LogP contribution >= 0.6 is 0 Å². The summed E-state index contributed by atoms with van der Waals surface area (Å²) in [5.74, 6) is -0.182. The molecule has 0 bridgehead atoms. The first kappa shape index (κ1) is 13.5. The Balaban J connectivity index is 1.94. The van der Waals surface area contributed by atoms with Gasteiger partial charge in [-0.25, -0.2) is 4.39 Å². The minimum atomic E-state index is -0.182. The number of halogens is 1. The number of benzene rings is 1. The van der Waals surface area contributed by atoms with Crippen LogP contribution in [0.15, 0.2) is 24.3 Å². The maximum absolute atomic E-state index is 12.9. The molecule has 1 heterocycles. The Morgan fingerprint density at radius 1 is 1.33 bits per heavy atom. The lowest BCUT2D eigenvalue weighted by molar-refractivity contribution is -0.0639. The lowest BCUT2D eigenvalue weighted by Crippen LogP contribution is -2.44. The van der Waals surface area contributed by atoms with Gasteiger partial charge in [0.15, 0.2) is 0 Å². The molecule has 1 aromatic rings. The van der Waals surface area contributed by atoms with Gasteiger partial charge in [-0.3, -0.25) is 0 Å². The van der Waals surface area contributed by atoms with Crippen molar-refractivity contribution in [1.29, 1.82) is 0 Å². The molecule has 1 aliphatic rings. The Morgan fingerprint density at radius 3 is 2.61 bits per heavy atom. The highest BCUT2D eigenvalue weighted by molar-refractivity contribution is 5.19. The van der Waals surface area contributed by atoms with Crippen molar-refractivity contribution in [2.45, 2.75) is 51.3 Å². The summed E-state index contributed by atoms with van der Waals surface area (Å²) in [5.41, 5.74) is 1.08. The second kappa shape index (κ2) is 5.37. The van der Waals surface area contributed by atoms with E-state index in [4.69, 9.17) is 4.74 Å². The predicted molar refractivity (Wildman–Crippen MR) is 71.0 cm³/mol. The number of hydrogen-bond acceptors (Lipinski definition) is 2. The van der Waals surface area contributed by atoms with E-state index in [9.17, 15) is 4.39 Å². The van der Waals surface area contributed by atoms with Crippen LogP contribution < -0.4 is 5.32 Å². The molecule has 0 aromatic heterocycles. The van der Waals surface area contributed by atoms with Crippen LogP contribution in [0.3, 0.4) is 0 Å². The van der Waals surface area contributed by atoms with Gasteiger partial charge in [0.05, 0.1) is 5.60 Å². The zero-order valence-electron chi connectivity index (χ0n) is 11.4. The largest absolute Gasteiger partial charge is 0.375 e. The maximum Gasteiger partial charge on any atom is 0.123 e. The van der Waals surface area contributed by atoms with Gasteiger partial charge in [-0.05, 0) is 51.3 Å². The molecular weight excluding hydrogens is 229 g/mol. The molecule has 0 radical (unpaired) electrons. The topological polar surface area (TPSA) is 21.3 Å². The molecule has 3 heteroatoms. The summed E-state index contributed by atoms with van der Waals surface area (Å²) in [5, 5.41) is 3.61. The van der Waals surface area contributed by atoms with Gasteiger partial charge in [0.25, 0.3) is 0 Å². The van der Waals surface area contributed by atoms with Gasteiger partial charge in [0.2, 0.25) is 0 Å². The van der Waals surface area contributed by atoms with Crippen molar-refractivity contribution in [3.8, 4) is 0 Å². The van der Waals surface area contributed by atoms with Gasteiger partial charge < -0.3 is 10.1 Å². The molecule has 1 N–H and O–H groups in total. The summed E-state index contributed by atoms with van der Waals surface area (Å²) in [6, 6.07) is 7.43. The van der Waals surface area contributed by atoms with Crippen molar-refractivity contribution in [2.24, 2.45) is 0 Å². The van der Waals surface area contributed by atoms with Crippen molar-refractivity contribution in [3.05, 3.63) is 35.6 Å². The van der Waals surface area contributed by atoms with Gasteiger partial charge in [0.1, 0.15) is 5.82 Å². The molecule has 100 valence electrons. The van der Waals surface area contributed by atoms with Crippen molar-refractivity contribution < 1.29 is 9.13 Å². The minimum absolute atomic E-state index is 0.0432. The highest BCUT2D eigenvalue weighted by Crippen LogP contribution is 2.26. The Hall–Kier alpha value is -0.930. The Kier molecular flexibility index (Phi) is 4.03. The molecule has 1 unspecified atom stereocenters. The summed E-state index contributed by atoms with van der Waals surface area (Å²) in [6.07, 6.45) is 2.05. The van der Waals surface area contributed by atoms with Crippen LogP contribution in [0, 0.1) is 5.82 Å². The lowest BCUT2D eigenvalue weighted by atomic mass is 9.93. The first-order valence-corrected chi connectivity index (χ1v) is 6.62. The van der Waals surface area contributed by atoms with E-state index in [1.807, 2.05) is 12.1 Å². The molecule has 1 saturated heterocycles. The van der Waals surface area contributed by atoms with E-state index in [1.165, 1.54) is 12.1 Å². The summed E-state index contributed by atoms with van der Waals surface area (Å²) >= 11 is 0. The first-order valence-electron chi connectivity index (χ1n) is 6.62. The van der Waals surface area contributed by atoms with Crippen molar-refractivity contribution >= 4 is 0 Å². The fraction of sp³-hybridized carbons (Fsp3) is 0.600. The van der Waals surface area contributed by atoms with Crippen LogP contribution in [0.2, 0.25) is 0 Å². The van der Waals surface area contributed by atoms with E-state index in [0.29, 0.717) is 6.04 Å². The zero-order chi connectivity index (χ0) is 13.2. The standard InChI is InChI=1S/C15H22FNO/c1-11(12-4-6-13(16)7-5-12)17-14-8-9-18-15(2,3)10-14/h4-7,11,14,17H,8-10H2,1-3H3/t11-,14?/m1/s1. The normalized spacial score (nSPS) is 24.8. The fourth-order valence-corrected chi connectivity index (χ4v) is 2.58. The molecule has 2 atom stereocenters. The Morgan fingerprint density at radius 2 is 2.00 bits per heavy atom. The molecule has 1 aliphatic heterocycles. The molecule has 2 rings (SSSR count). The van der Waals surface area contributed by atoms with Crippen LogP contribution in [0.5, 0.6) is 0 Å². The summed E-state index contributed by atoms with van der Waals surface area (Å²) < 4.78 is 18.6. The smallest absolute Gasteiger partial charge is 0.123 e. The summed E-state index contributed by atoms with van der Waals surface area (Å²) in [7, 11) is 0. The van der Waals surface area contributed by atoms with Gasteiger partial charge in [-0.15, -0.1) is 0 Å². The summed E-state index contributed by atoms with van der Waals surface area (Å²) in [4.78, 5) is 0. The highest BCUT2D eigenvalue weighted by Gasteiger charge is 2.29. The molecule has 1 aromatic carbocycles. The van der Waals surface area contributed by atoms with Crippen LogP contribution in [0.25, 0.3) is 0 Å². The van der Waals surface area contributed by atoms with Crippen LogP contribution in [-0.2, 0) is 4.74 Å². The number of nitrogens with one attached hydrogen (secondary N) is 1. The number of rotatable bonds is 3. The van der Waals surface area contributed by atoms with Crippen molar-refractivity contribution in [2.75, 3.05) is 6.61 Å².